The van der Waals surface area contributed by atoms with E-state index in [-0.39, 0.29) is 0 Å². The average molecular weight is 296 g/mol. The fourth-order valence-corrected chi connectivity index (χ4v) is 1.73. The van der Waals surface area contributed by atoms with Crippen LogP contribution >= 0.6 is 0 Å². The highest BCUT2D eigenvalue weighted by atomic mass is 19.1. The van der Waals surface area contributed by atoms with Gasteiger partial charge in [-0.15, -0.1) is 0 Å². The van der Waals surface area contributed by atoms with Crippen molar-refractivity contribution in [1.82, 2.24) is 0 Å². The van der Waals surface area contributed by atoms with E-state index >= 15 is 0 Å². The molecule has 0 aliphatic carbocycles. The van der Waals surface area contributed by atoms with Gasteiger partial charge in [0, 0.05) is 13.8 Å². The largest absolute Gasteiger partial charge is 0.463 e. The third-order valence-electron chi connectivity index (χ3n) is 2.69. The van der Waals surface area contributed by atoms with Crippen molar-refractivity contribution in [2.75, 3.05) is 6.61 Å². The Morgan fingerprint density at radius 3 is 2.25 bits per heavy atom. The van der Waals surface area contributed by atoms with Crippen LogP contribution in [0.1, 0.15) is 13.8 Å². The average Bonchev–Trinajstić information content (AvgIpc) is 2.36. The Morgan fingerprint density at radius 2 is 1.75 bits per heavy atom. The van der Waals surface area contributed by atoms with Crippen LogP contribution in [-0.4, -0.2) is 70.7 Å². The number of hydrogen-bond acceptors (Lipinski definition) is 8. The highest BCUT2D eigenvalue weighted by molar-refractivity contribution is 5.66. The molecular weight excluding hydrogens is 279 g/mol. The zero-order chi connectivity index (χ0) is 15.4. The number of aliphatic hydroxyl groups excluding tert-OH is 3. The molecule has 3 N–H and O–H groups in total. The summed E-state index contributed by atoms with van der Waals surface area (Å²) < 4.78 is 27.7. The number of alkyl halides is 1. The second-order valence-electron chi connectivity index (χ2n) is 4.37. The van der Waals surface area contributed by atoms with Crippen LogP contribution in [0.3, 0.4) is 0 Å². The maximum atomic E-state index is 13.8. The van der Waals surface area contributed by atoms with Gasteiger partial charge in [-0.3, -0.25) is 9.59 Å². The van der Waals surface area contributed by atoms with Crippen LogP contribution in [0.2, 0.25) is 0 Å². The van der Waals surface area contributed by atoms with Gasteiger partial charge in [-0.25, -0.2) is 4.39 Å². The van der Waals surface area contributed by atoms with Gasteiger partial charge < -0.3 is 29.5 Å². The predicted molar refractivity (Wildman–Crippen MR) is 60.0 cm³/mol. The van der Waals surface area contributed by atoms with Crippen molar-refractivity contribution in [2.45, 2.75) is 50.7 Å². The molecule has 116 valence electrons. The summed E-state index contributed by atoms with van der Waals surface area (Å²) in [5, 5.41) is 28.8. The highest BCUT2D eigenvalue weighted by Gasteiger charge is 2.48. The van der Waals surface area contributed by atoms with Gasteiger partial charge in [0.2, 0.25) is 6.29 Å². The van der Waals surface area contributed by atoms with Gasteiger partial charge in [-0.2, -0.15) is 0 Å². The number of carbonyl (C=O) groups excluding carboxylic acids is 2. The van der Waals surface area contributed by atoms with E-state index in [2.05, 4.69) is 9.47 Å². The van der Waals surface area contributed by atoms with E-state index in [1.165, 1.54) is 0 Å². The molecule has 0 saturated carbocycles. The highest BCUT2D eigenvalue weighted by Crippen LogP contribution is 2.25. The Kier molecular flexibility index (Phi) is 5.81. The first kappa shape index (κ1) is 16.8. The van der Waals surface area contributed by atoms with E-state index < -0.39 is 55.4 Å². The van der Waals surface area contributed by atoms with Gasteiger partial charge >= 0.3 is 11.9 Å². The lowest BCUT2D eigenvalue weighted by atomic mass is 9.96. The number of aliphatic hydroxyl groups is 3. The van der Waals surface area contributed by atoms with Crippen molar-refractivity contribution < 1.29 is 43.5 Å². The van der Waals surface area contributed by atoms with Crippen LogP contribution in [0.25, 0.3) is 0 Å². The Hall–Kier alpha value is -1.29. The van der Waals surface area contributed by atoms with Gasteiger partial charge in [0.25, 0.3) is 0 Å². The van der Waals surface area contributed by atoms with Crippen LogP contribution < -0.4 is 0 Å². The number of carbonyl (C=O) groups is 2. The molecule has 1 heterocycles. The summed E-state index contributed by atoms with van der Waals surface area (Å²) in [4.78, 5) is 21.4. The van der Waals surface area contributed by atoms with E-state index in [0.29, 0.717) is 0 Å². The third kappa shape index (κ3) is 4.10. The van der Waals surface area contributed by atoms with E-state index in [1.807, 2.05) is 0 Å². The second-order valence-corrected chi connectivity index (χ2v) is 4.37. The number of esters is 2. The van der Waals surface area contributed by atoms with E-state index in [9.17, 15) is 29.3 Å². The Balaban J connectivity index is 2.73. The Labute approximate surface area is 114 Å². The summed E-state index contributed by atoms with van der Waals surface area (Å²) >= 11 is 0. The summed E-state index contributed by atoms with van der Waals surface area (Å²) in [6, 6.07) is 0. The summed E-state index contributed by atoms with van der Waals surface area (Å²) in [5.74, 6) is -1.54. The molecule has 5 unspecified atom stereocenters. The number of halogens is 1. The molecule has 0 aromatic heterocycles. The SMILES string of the molecule is CC(=O)OC[C@H](F)C1OC(OC(C)=O)C(O)C(O)C1O. The molecule has 0 radical (unpaired) electrons. The molecule has 0 aromatic carbocycles. The zero-order valence-electron chi connectivity index (χ0n) is 10.9. The summed E-state index contributed by atoms with van der Waals surface area (Å²) in [7, 11) is 0. The van der Waals surface area contributed by atoms with Crippen LogP contribution in [0.4, 0.5) is 4.39 Å². The van der Waals surface area contributed by atoms with Gasteiger partial charge in [0.05, 0.1) is 0 Å². The fraction of sp³-hybridized carbons (Fsp3) is 0.818. The molecule has 1 rings (SSSR count). The number of hydrogen-bond donors (Lipinski definition) is 3. The molecule has 1 aliphatic rings. The molecule has 20 heavy (non-hydrogen) atoms. The molecule has 1 fully saturated rings. The molecule has 0 bridgehead atoms. The van der Waals surface area contributed by atoms with Crippen molar-refractivity contribution in [1.29, 1.82) is 0 Å². The molecule has 6 atom stereocenters. The van der Waals surface area contributed by atoms with Gasteiger partial charge in [-0.05, 0) is 0 Å². The Morgan fingerprint density at radius 1 is 1.15 bits per heavy atom. The lowest BCUT2D eigenvalue weighted by Gasteiger charge is -2.40. The lowest BCUT2D eigenvalue weighted by molar-refractivity contribution is -0.298. The molecule has 8 nitrogen and oxygen atoms in total. The zero-order valence-corrected chi connectivity index (χ0v) is 10.9. The summed E-state index contributed by atoms with van der Waals surface area (Å²) in [5.41, 5.74) is 0. The second kappa shape index (κ2) is 6.93. The van der Waals surface area contributed by atoms with Crippen molar-refractivity contribution in [2.24, 2.45) is 0 Å². The normalized spacial score (nSPS) is 35.2. The molecule has 1 aliphatic heterocycles. The molecule has 0 amide bonds. The molecule has 1 saturated heterocycles. The summed E-state index contributed by atoms with van der Waals surface area (Å²) in [6.45, 7) is 1.41. The quantitative estimate of drug-likeness (QED) is 0.522. The Bertz CT molecular complexity index is 362. The lowest BCUT2D eigenvalue weighted by Crippen LogP contribution is -2.61. The van der Waals surface area contributed by atoms with Gasteiger partial charge in [0.1, 0.15) is 31.0 Å². The number of ether oxygens (including phenoxy) is 3. The van der Waals surface area contributed by atoms with Crippen LogP contribution in [-0.2, 0) is 23.8 Å². The van der Waals surface area contributed by atoms with Crippen molar-refractivity contribution in [3.05, 3.63) is 0 Å². The minimum atomic E-state index is -1.96. The summed E-state index contributed by atoms with van der Waals surface area (Å²) in [6.07, 6.45) is -10.4. The molecular formula is C11H17FO8. The van der Waals surface area contributed by atoms with Crippen molar-refractivity contribution in [3.8, 4) is 0 Å². The van der Waals surface area contributed by atoms with Crippen LogP contribution in [0.5, 0.6) is 0 Å². The van der Waals surface area contributed by atoms with Crippen LogP contribution in [0, 0.1) is 0 Å². The predicted octanol–water partition coefficient (Wildman–Crippen LogP) is -1.74. The van der Waals surface area contributed by atoms with Gasteiger partial charge in [-0.1, -0.05) is 0 Å². The first-order valence-electron chi connectivity index (χ1n) is 5.88. The van der Waals surface area contributed by atoms with Gasteiger partial charge in [0.15, 0.2) is 6.17 Å². The van der Waals surface area contributed by atoms with Crippen LogP contribution in [0.15, 0.2) is 0 Å². The number of rotatable bonds is 4. The standard InChI is InChI=1S/C11H17FO8/c1-4(13)18-3-6(12)10-8(16)7(15)9(17)11(20-10)19-5(2)14/h6-11,15-17H,3H2,1-2H3/t6-,7?,8?,9?,10?,11?/m0/s1. The smallest absolute Gasteiger partial charge is 0.305 e. The fourth-order valence-electron chi connectivity index (χ4n) is 1.73. The van der Waals surface area contributed by atoms with E-state index in [4.69, 9.17) is 4.74 Å². The van der Waals surface area contributed by atoms with Crippen molar-refractivity contribution in [3.63, 3.8) is 0 Å². The minimum absolute atomic E-state index is 0.702. The first-order chi connectivity index (χ1) is 9.23. The maximum Gasteiger partial charge on any atom is 0.305 e. The molecule has 9 heteroatoms. The first-order valence-corrected chi connectivity index (χ1v) is 5.88. The van der Waals surface area contributed by atoms with E-state index in [1.54, 1.807) is 0 Å². The molecule has 0 aromatic rings. The maximum absolute atomic E-state index is 13.8. The van der Waals surface area contributed by atoms with E-state index in [0.717, 1.165) is 13.8 Å². The monoisotopic (exact) mass is 296 g/mol. The third-order valence-corrected chi connectivity index (χ3v) is 2.69. The molecule has 0 spiro atoms. The topological polar surface area (TPSA) is 123 Å². The van der Waals surface area contributed by atoms with Crippen molar-refractivity contribution >= 4 is 11.9 Å². The minimum Gasteiger partial charge on any atom is -0.463 e.